The predicted molar refractivity (Wildman–Crippen MR) is 118 cm³/mol. The number of carbonyl (C=O) groups excluding carboxylic acids is 1. The largest absolute Gasteiger partial charge is 0.454 e. The molecule has 3 aromatic rings. The van der Waals surface area contributed by atoms with E-state index in [1.165, 1.54) is 0 Å². The van der Waals surface area contributed by atoms with Gasteiger partial charge in [-0.15, -0.1) is 0 Å². The third-order valence-electron chi connectivity index (χ3n) is 6.34. The summed E-state index contributed by atoms with van der Waals surface area (Å²) < 4.78 is 24.6. The van der Waals surface area contributed by atoms with Crippen molar-refractivity contribution in [2.75, 3.05) is 0 Å². The van der Waals surface area contributed by atoms with Crippen molar-refractivity contribution >= 4 is 5.97 Å². The van der Waals surface area contributed by atoms with Gasteiger partial charge in [0.25, 0.3) is 0 Å². The second-order valence-electron chi connectivity index (χ2n) is 8.42. The van der Waals surface area contributed by atoms with Gasteiger partial charge in [-0.25, -0.2) is 4.79 Å². The van der Waals surface area contributed by atoms with E-state index in [1.54, 1.807) is 6.92 Å². The molecule has 0 bridgehead atoms. The molecular formula is C27H26O5. The average Bonchev–Trinajstić information content (AvgIpc) is 3.41. The van der Waals surface area contributed by atoms with E-state index in [-0.39, 0.29) is 6.61 Å². The Morgan fingerprint density at radius 3 is 1.72 bits per heavy atom. The highest BCUT2D eigenvalue weighted by Crippen LogP contribution is 2.60. The van der Waals surface area contributed by atoms with E-state index in [1.807, 2.05) is 91.0 Å². The molecule has 32 heavy (non-hydrogen) atoms. The van der Waals surface area contributed by atoms with E-state index < -0.39 is 29.4 Å². The van der Waals surface area contributed by atoms with Crippen molar-refractivity contribution in [1.29, 1.82) is 0 Å². The Labute approximate surface area is 187 Å². The Hall–Kier alpha value is -2.99. The molecule has 1 aliphatic carbocycles. The number of hydrogen-bond donors (Lipinski definition) is 0. The molecule has 0 aromatic heterocycles. The van der Waals surface area contributed by atoms with Gasteiger partial charge >= 0.3 is 5.97 Å². The maximum atomic E-state index is 12.9. The van der Waals surface area contributed by atoms with Crippen LogP contribution in [0, 0.1) is 0 Å². The van der Waals surface area contributed by atoms with Gasteiger partial charge in [0.05, 0.1) is 19.8 Å². The molecule has 1 heterocycles. The minimum absolute atomic E-state index is 0.279. The molecule has 3 aromatic carbocycles. The van der Waals surface area contributed by atoms with Crippen LogP contribution in [0.15, 0.2) is 91.0 Å². The lowest BCUT2D eigenvalue weighted by Crippen LogP contribution is -2.52. The van der Waals surface area contributed by atoms with E-state index in [0.717, 1.165) is 16.7 Å². The zero-order valence-electron chi connectivity index (χ0n) is 18.0. The van der Waals surface area contributed by atoms with Crippen LogP contribution < -0.4 is 0 Å². The van der Waals surface area contributed by atoms with Crippen molar-refractivity contribution in [1.82, 2.24) is 0 Å². The first-order valence-electron chi connectivity index (χ1n) is 10.9. The zero-order valence-corrected chi connectivity index (χ0v) is 18.0. The fraction of sp³-hybridized carbons (Fsp3) is 0.296. The van der Waals surface area contributed by atoms with Gasteiger partial charge < -0.3 is 18.9 Å². The molecule has 4 atom stereocenters. The fourth-order valence-electron chi connectivity index (χ4n) is 4.41. The highest BCUT2D eigenvalue weighted by molar-refractivity contribution is 5.87. The molecule has 0 N–H and O–H groups in total. The summed E-state index contributed by atoms with van der Waals surface area (Å²) in [6.07, 6.45) is -0.895. The smallest absolute Gasteiger partial charge is 0.341 e. The van der Waals surface area contributed by atoms with Crippen LogP contribution in [0.25, 0.3) is 0 Å². The Kier molecular flexibility index (Phi) is 5.55. The van der Waals surface area contributed by atoms with Crippen LogP contribution >= 0.6 is 0 Å². The highest BCUT2D eigenvalue weighted by Gasteiger charge is 2.86. The van der Waals surface area contributed by atoms with Crippen molar-refractivity contribution in [2.45, 2.75) is 50.2 Å². The molecule has 0 amide bonds. The number of rotatable bonds is 9. The molecule has 5 heteroatoms. The molecule has 1 saturated heterocycles. The van der Waals surface area contributed by atoms with Crippen molar-refractivity contribution in [2.24, 2.45) is 0 Å². The molecule has 0 spiro atoms. The third-order valence-corrected chi connectivity index (χ3v) is 6.34. The van der Waals surface area contributed by atoms with Crippen molar-refractivity contribution in [3.8, 4) is 0 Å². The highest BCUT2D eigenvalue weighted by atomic mass is 16.7. The van der Waals surface area contributed by atoms with Crippen molar-refractivity contribution in [3.05, 3.63) is 108 Å². The fourth-order valence-corrected chi connectivity index (χ4v) is 4.41. The Bertz CT molecular complexity index is 1060. The third kappa shape index (κ3) is 3.62. The van der Waals surface area contributed by atoms with E-state index >= 15 is 0 Å². The van der Waals surface area contributed by atoms with Crippen molar-refractivity contribution < 1.29 is 23.7 Å². The van der Waals surface area contributed by atoms with Crippen LogP contribution in [0.5, 0.6) is 0 Å². The van der Waals surface area contributed by atoms with Gasteiger partial charge in [0.2, 0.25) is 0 Å². The van der Waals surface area contributed by atoms with E-state index in [9.17, 15) is 4.79 Å². The molecule has 164 valence electrons. The van der Waals surface area contributed by atoms with Gasteiger partial charge in [-0.3, -0.25) is 0 Å². The zero-order chi connectivity index (χ0) is 22.0. The molecule has 2 fully saturated rings. The van der Waals surface area contributed by atoms with Crippen LogP contribution in [0.4, 0.5) is 0 Å². The molecule has 5 rings (SSSR count). The van der Waals surface area contributed by atoms with Crippen LogP contribution in [0.2, 0.25) is 0 Å². The molecule has 1 saturated carbocycles. The summed E-state index contributed by atoms with van der Waals surface area (Å²) in [4.78, 5) is 12.9. The second-order valence-corrected chi connectivity index (χ2v) is 8.42. The summed E-state index contributed by atoms with van der Waals surface area (Å²) in [7, 11) is 0. The summed E-state index contributed by atoms with van der Waals surface area (Å²) in [5.74, 6) is -0.411. The number of carbonyl (C=O) groups is 1. The summed E-state index contributed by atoms with van der Waals surface area (Å²) in [6, 6.07) is 29.6. The first-order valence-corrected chi connectivity index (χ1v) is 10.9. The molecule has 2 aliphatic rings. The molecule has 1 unspecified atom stereocenters. The maximum Gasteiger partial charge on any atom is 0.341 e. The molecule has 5 nitrogen and oxygen atoms in total. The normalized spacial score (nSPS) is 28.2. The molecular weight excluding hydrogens is 404 g/mol. The first-order chi connectivity index (χ1) is 15.6. The predicted octanol–water partition coefficient (Wildman–Crippen LogP) is 4.44. The Balaban J connectivity index is 1.38. The van der Waals surface area contributed by atoms with E-state index in [0.29, 0.717) is 13.2 Å². The average molecular weight is 431 g/mol. The topological polar surface area (TPSA) is 54.0 Å². The van der Waals surface area contributed by atoms with E-state index in [2.05, 4.69) is 0 Å². The SMILES string of the molecule is C[C@]1(OCc2ccccc2)C(=O)O[C@@H]2C(OCc3ccccc3)[C@@]21OCc1ccccc1. The summed E-state index contributed by atoms with van der Waals surface area (Å²) >= 11 is 0. The Morgan fingerprint density at radius 2 is 1.19 bits per heavy atom. The number of hydrogen-bond acceptors (Lipinski definition) is 5. The maximum absolute atomic E-state index is 12.9. The summed E-state index contributed by atoms with van der Waals surface area (Å²) in [5, 5.41) is 0. The Morgan fingerprint density at radius 1 is 0.719 bits per heavy atom. The summed E-state index contributed by atoms with van der Waals surface area (Å²) in [5.41, 5.74) is 0.770. The van der Waals surface area contributed by atoms with Gasteiger partial charge in [-0.05, 0) is 23.6 Å². The van der Waals surface area contributed by atoms with Crippen LogP contribution in [0.1, 0.15) is 23.6 Å². The van der Waals surface area contributed by atoms with Gasteiger partial charge in [0.15, 0.2) is 17.3 Å². The molecule has 1 aliphatic heterocycles. The number of ether oxygens (including phenoxy) is 4. The molecule has 0 radical (unpaired) electrons. The lowest BCUT2D eigenvalue weighted by atomic mass is 9.96. The van der Waals surface area contributed by atoms with Gasteiger partial charge in [0.1, 0.15) is 6.10 Å². The monoisotopic (exact) mass is 430 g/mol. The van der Waals surface area contributed by atoms with Gasteiger partial charge in [0, 0.05) is 0 Å². The van der Waals surface area contributed by atoms with Crippen LogP contribution in [-0.2, 0) is 43.6 Å². The standard InChI is InChI=1S/C27H26O5/c1-26(30-18-21-13-7-3-8-14-21)25(28)32-24-23(29-17-20-11-5-2-6-12-20)27(24,26)31-19-22-15-9-4-10-16-22/h2-16,23-24H,17-19H2,1H3/t23?,24-,26+,27-/m1/s1. The minimum atomic E-state index is -1.27. The first kappa shape index (κ1) is 20.9. The van der Waals surface area contributed by atoms with Gasteiger partial charge in [-0.1, -0.05) is 91.0 Å². The number of benzene rings is 3. The number of esters is 1. The van der Waals surface area contributed by atoms with Crippen molar-refractivity contribution in [3.63, 3.8) is 0 Å². The van der Waals surface area contributed by atoms with Crippen LogP contribution in [-0.4, -0.2) is 29.4 Å². The lowest BCUT2D eigenvalue weighted by molar-refractivity contribution is -0.193. The van der Waals surface area contributed by atoms with Crippen LogP contribution in [0.3, 0.4) is 0 Å². The lowest BCUT2D eigenvalue weighted by Gasteiger charge is -2.32. The van der Waals surface area contributed by atoms with E-state index in [4.69, 9.17) is 18.9 Å². The second kappa shape index (κ2) is 8.51. The minimum Gasteiger partial charge on any atom is -0.454 e. The van der Waals surface area contributed by atoms with Gasteiger partial charge in [-0.2, -0.15) is 0 Å². The number of fused-ring (bicyclic) bond motifs is 1. The summed E-state index contributed by atoms with van der Waals surface area (Å²) in [6.45, 7) is 2.78. The quantitative estimate of drug-likeness (QED) is 0.470.